The van der Waals surface area contributed by atoms with E-state index >= 15 is 0 Å². The summed E-state index contributed by atoms with van der Waals surface area (Å²) in [7, 11) is -1.83. The van der Waals surface area contributed by atoms with E-state index in [9.17, 15) is 0 Å². The van der Waals surface area contributed by atoms with E-state index in [4.69, 9.17) is 21.8 Å². The van der Waals surface area contributed by atoms with Crippen LogP contribution in [0.15, 0.2) is 18.2 Å². The molecule has 2 nitrogen and oxygen atoms in total. The molecule has 0 saturated heterocycles. The summed E-state index contributed by atoms with van der Waals surface area (Å²) in [6.07, 6.45) is 0. The van der Waals surface area contributed by atoms with E-state index in [-0.39, 0.29) is 5.04 Å². The maximum atomic E-state index is 6.24. The van der Waals surface area contributed by atoms with Crippen LogP contribution in [0.2, 0.25) is 23.2 Å². The van der Waals surface area contributed by atoms with Gasteiger partial charge in [-0.1, -0.05) is 38.4 Å². The highest BCUT2D eigenvalue weighted by atomic mass is 35.5. The molecule has 1 aromatic rings. The van der Waals surface area contributed by atoms with Crippen molar-refractivity contribution in [2.45, 2.75) is 45.4 Å². The molecule has 0 atom stereocenters. The van der Waals surface area contributed by atoms with Gasteiger partial charge in [-0.05, 0) is 30.3 Å². The van der Waals surface area contributed by atoms with Crippen LogP contribution in [0.4, 0.5) is 0 Å². The van der Waals surface area contributed by atoms with Crippen LogP contribution in [0.3, 0.4) is 0 Å². The molecule has 0 fully saturated rings. The molecular formula is C13H22ClNOSi. The van der Waals surface area contributed by atoms with E-state index in [2.05, 4.69) is 33.9 Å². The third-order valence-corrected chi connectivity index (χ3v) is 8.00. The second-order valence-corrected chi connectivity index (χ2v) is 11.0. The first kappa shape index (κ1) is 14.5. The number of hydrogen-bond acceptors (Lipinski definition) is 2. The first-order valence-electron chi connectivity index (χ1n) is 5.85. The number of benzene rings is 1. The highest BCUT2D eigenvalue weighted by molar-refractivity contribution is 6.74. The molecule has 0 heterocycles. The van der Waals surface area contributed by atoms with Gasteiger partial charge in [-0.3, -0.25) is 0 Å². The summed E-state index contributed by atoms with van der Waals surface area (Å²) >= 11 is 6.01. The molecule has 96 valence electrons. The zero-order chi connectivity index (χ0) is 13.3. The predicted octanol–water partition coefficient (Wildman–Crippen LogP) is 4.18. The largest absolute Gasteiger partial charge is 0.543 e. The maximum absolute atomic E-state index is 6.24. The molecule has 0 aromatic heterocycles. The zero-order valence-corrected chi connectivity index (χ0v) is 13.1. The fourth-order valence-electron chi connectivity index (χ4n) is 1.22. The molecule has 1 aromatic carbocycles. The van der Waals surface area contributed by atoms with E-state index in [1.54, 1.807) is 0 Å². The average molecular weight is 272 g/mol. The van der Waals surface area contributed by atoms with Crippen molar-refractivity contribution >= 4 is 19.9 Å². The molecule has 0 unspecified atom stereocenters. The van der Waals surface area contributed by atoms with Crippen LogP contribution < -0.4 is 10.2 Å². The SMILES string of the molecule is CC(C)(C)[Si](C)(C)Oc1cc(Cl)ccc1CN. The Morgan fingerprint density at radius 1 is 1.29 bits per heavy atom. The Balaban J connectivity index is 3.06. The van der Waals surface area contributed by atoms with Crippen molar-refractivity contribution in [1.29, 1.82) is 0 Å². The lowest BCUT2D eigenvalue weighted by atomic mass is 10.2. The summed E-state index contributed by atoms with van der Waals surface area (Å²) in [5.41, 5.74) is 6.73. The highest BCUT2D eigenvalue weighted by Crippen LogP contribution is 2.38. The van der Waals surface area contributed by atoms with Gasteiger partial charge in [-0.15, -0.1) is 0 Å². The molecule has 2 N–H and O–H groups in total. The van der Waals surface area contributed by atoms with Crippen molar-refractivity contribution in [3.8, 4) is 5.75 Å². The lowest BCUT2D eigenvalue weighted by molar-refractivity contribution is 0.487. The van der Waals surface area contributed by atoms with Gasteiger partial charge in [0.05, 0.1) is 0 Å². The van der Waals surface area contributed by atoms with Crippen LogP contribution in [0.25, 0.3) is 0 Å². The van der Waals surface area contributed by atoms with Crippen molar-refractivity contribution in [1.82, 2.24) is 0 Å². The normalized spacial score (nSPS) is 12.6. The minimum absolute atomic E-state index is 0.168. The van der Waals surface area contributed by atoms with Crippen LogP contribution in [0.1, 0.15) is 26.3 Å². The van der Waals surface area contributed by atoms with Gasteiger partial charge in [0.1, 0.15) is 5.75 Å². The van der Waals surface area contributed by atoms with Gasteiger partial charge in [0.15, 0.2) is 0 Å². The Bertz CT molecular complexity index is 399. The van der Waals surface area contributed by atoms with Crippen LogP contribution >= 0.6 is 11.6 Å². The summed E-state index contributed by atoms with van der Waals surface area (Å²) in [5, 5.41) is 0.859. The Morgan fingerprint density at radius 3 is 2.35 bits per heavy atom. The van der Waals surface area contributed by atoms with Gasteiger partial charge in [-0.25, -0.2) is 0 Å². The van der Waals surface area contributed by atoms with Gasteiger partial charge in [-0.2, -0.15) is 0 Å². The number of rotatable bonds is 3. The minimum Gasteiger partial charge on any atom is -0.543 e. The second-order valence-electron chi connectivity index (χ2n) is 5.82. The zero-order valence-electron chi connectivity index (χ0n) is 11.3. The van der Waals surface area contributed by atoms with Gasteiger partial charge in [0, 0.05) is 17.1 Å². The van der Waals surface area contributed by atoms with Crippen molar-refractivity contribution in [2.75, 3.05) is 0 Å². The van der Waals surface area contributed by atoms with Gasteiger partial charge >= 0.3 is 0 Å². The Morgan fingerprint density at radius 2 is 1.88 bits per heavy atom. The molecule has 17 heavy (non-hydrogen) atoms. The molecule has 0 amide bonds. The molecule has 0 radical (unpaired) electrons. The van der Waals surface area contributed by atoms with Gasteiger partial charge < -0.3 is 10.2 Å². The third-order valence-electron chi connectivity index (χ3n) is 3.42. The van der Waals surface area contributed by atoms with Crippen LogP contribution in [0, 0.1) is 0 Å². The summed E-state index contributed by atoms with van der Waals surface area (Å²) < 4.78 is 6.24. The number of nitrogens with two attached hydrogens (primary N) is 1. The standard InChI is InChI=1S/C13H22ClNOSi/c1-13(2,3)17(4,5)16-12-8-11(14)7-6-10(12)9-15/h6-8H,9,15H2,1-5H3. The fraction of sp³-hybridized carbons (Fsp3) is 0.538. The molecule has 0 aliphatic rings. The predicted molar refractivity (Wildman–Crippen MR) is 77.2 cm³/mol. The van der Waals surface area contributed by atoms with E-state index < -0.39 is 8.32 Å². The van der Waals surface area contributed by atoms with Gasteiger partial charge in [0.2, 0.25) is 8.32 Å². The number of halogens is 1. The lowest BCUT2D eigenvalue weighted by Gasteiger charge is -2.37. The van der Waals surface area contributed by atoms with Crippen molar-refractivity contribution in [2.24, 2.45) is 5.73 Å². The average Bonchev–Trinajstić information content (AvgIpc) is 2.15. The first-order valence-corrected chi connectivity index (χ1v) is 9.13. The molecule has 0 spiro atoms. The molecule has 1 rings (SSSR count). The quantitative estimate of drug-likeness (QED) is 0.837. The smallest absolute Gasteiger partial charge is 0.250 e. The second kappa shape index (κ2) is 5.00. The highest BCUT2D eigenvalue weighted by Gasteiger charge is 2.39. The van der Waals surface area contributed by atoms with Crippen molar-refractivity contribution in [3.63, 3.8) is 0 Å². The maximum Gasteiger partial charge on any atom is 0.250 e. The lowest BCUT2D eigenvalue weighted by Crippen LogP contribution is -2.44. The summed E-state index contributed by atoms with van der Waals surface area (Å²) in [6, 6.07) is 5.65. The first-order chi connectivity index (χ1) is 7.67. The molecule has 0 aliphatic carbocycles. The molecule has 4 heteroatoms. The summed E-state index contributed by atoms with van der Waals surface area (Å²) in [6.45, 7) is 11.5. The Hall–Kier alpha value is -0.513. The van der Waals surface area contributed by atoms with E-state index in [0.29, 0.717) is 11.6 Å². The van der Waals surface area contributed by atoms with Gasteiger partial charge in [0.25, 0.3) is 0 Å². The number of hydrogen-bond donors (Lipinski definition) is 1. The van der Waals surface area contributed by atoms with Crippen LogP contribution in [0.5, 0.6) is 5.75 Å². The van der Waals surface area contributed by atoms with E-state index in [1.165, 1.54) is 0 Å². The summed E-state index contributed by atoms with van der Waals surface area (Å²) in [4.78, 5) is 0. The fourth-order valence-corrected chi connectivity index (χ4v) is 2.43. The Kier molecular flexibility index (Phi) is 4.28. The molecule has 0 aliphatic heterocycles. The molecular weight excluding hydrogens is 250 g/mol. The minimum atomic E-state index is -1.83. The van der Waals surface area contributed by atoms with E-state index in [0.717, 1.165) is 11.3 Å². The van der Waals surface area contributed by atoms with Crippen molar-refractivity contribution in [3.05, 3.63) is 28.8 Å². The topological polar surface area (TPSA) is 35.2 Å². The van der Waals surface area contributed by atoms with Crippen molar-refractivity contribution < 1.29 is 4.43 Å². The van der Waals surface area contributed by atoms with E-state index in [1.807, 2.05) is 18.2 Å². The van der Waals surface area contributed by atoms with Crippen LogP contribution in [-0.2, 0) is 6.54 Å². The Labute approximate surface area is 110 Å². The molecule has 0 saturated carbocycles. The third kappa shape index (κ3) is 3.47. The summed E-state index contributed by atoms with van der Waals surface area (Å²) in [5.74, 6) is 0.839. The van der Waals surface area contributed by atoms with Crippen LogP contribution in [-0.4, -0.2) is 8.32 Å². The monoisotopic (exact) mass is 271 g/mol. The molecule has 0 bridgehead atoms.